The van der Waals surface area contributed by atoms with Crippen LogP contribution >= 0.6 is 0 Å². The van der Waals surface area contributed by atoms with Gasteiger partial charge in [-0.15, -0.1) is 0 Å². The van der Waals surface area contributed by atoms with Crippen molar-refractivity contribution >= 4 is 10.3 Å². The second-order valence-corrected chi connectivity index (χ2v) is 4.94. The monoisotopic (exact) mass is 294 g/mol. The van der Waals surface area contributed by atoms with Crippen LogP contribution < -0.4 is 51.4 Å². The fraction of sp³-hybridized carbons (Fsp3) is 1.00. The summed E-state index contributed by atoms with van der Waals surface area (Å²) < 4.78 is 29.0. The molecule has 0 atom stereocenters. The third kappa shape index (κ3) is 6.92. The number of hydrogen-bond donors (Lipinski definition) is 1. The van der Waals surface area contributed by atoms with Gasteiger partial charge in [-0.2, -0.15) is 12.7 Å². The summed E-state index contributed by atoms with van der Waals surface area (Å²) >= 11 is 0. The molecule has 0 radical (unpaired) electrons. The number of piperazine rings is 1. The molecule has 0 saturated carbocycles. The van der Waals surface area contributed by atoms with E-state index in [0.717, 1.165) is 0 Å². The van der Waals surface area contributed by atoms with E-state index in [4.69, 9.17) is 9.29 Å². The fourth-order valence-corrected chi connectivity index (χ4v) is 2.60. The average molecular weight is 294 g/mol. The van der Waals surface area contributed by atoms with E-state index >= 15 is 0 Å². The molecule has 0 aromatic carbocycles. The van der Waals surface area contributed by atoms with Gasteiger partial charge in [0.05, 0.1) is 13.2 Å². The van der Waals surface area contributed by atoms with Gasteiger partial charge >= 0.3 is 61.7 Å². The number of aliphatic hydroxyl groups excluding tert-OH is 1. The molecule has 1 fully saturated rings. The van der Waals surface area contributed by atoms with E-state index in [1.54, 1.807) is 6.92 Å². The Labute approximate surface area is 145 Å². The smallest absolute Gasteiger partial charge is 0.870 e. The van der Waals surface area contributed by atoms with Crippen LogP contribution in [-0.2, 0) is 14.5 Å². The first-order valence-electron chi connectivity index (χ1n) is 5.08. The first kappa shape index (κ1) is 20.7. The first-order chi connectivity index (χ1) is 7.10. The third-order valence-corrected chi connectivity index (χ3v) is 3.86. The predicted molar refractivity (Wildman–Crippen MR) is 57.6 cm³/mol. The summed E-state index contributed by atoms with van der Waals surface area (Å²) in [4.78, 5) is 2.03. The van der Waals surface area contributed by atoms with E-state index in [2.05, 4.69) is 0 Å². The molecular formula is C8H19KN2O5S. The number of hydrogen-bond acceptors (Lipinski definition) is 6. The summed E-state index contributed by atoms with van der Waals surface area (Å²) in [5.41, 5.74) is 0. The van der Waals surface area contributed by atoms with Crippen LogP contribution in [0.4, 0.5) is 0 Å². The maximum Gasteiger partial charge on any atom is 1.00 e. The molecule has 7 nitrogen and oxygen atoms in total. The van der Waals surface area contributed by atoms with Crippen molar-refractivity contribution in [3.63, 3.8) is 0 Å². The molecule has 0 bridgehead atoms. The zero-order chi connectivity index (χ0) is 11.3. The molecule has 1 heterocycles. The molecule has 0 spiro atoms. The average Bonchev–Trinajstić information content (AvgIpc) is 2.19. The minimum atomic E-state index is -3.53. The van der Waals surface area contributed by atoms with Crippen LogP contribution in [0.5, 0.6) is 0 Å². The Morgan fingerprint density at radius 1 is 1.24 bits per heavy atom. The number of rotatable bonds is 5. The van der Waals surface area contributed by atoms with Gasteiger partial charge in [0.2, 0.25) is 0 Å². The summed E-state index contributed by atoms with van der Waals surface area (Å²) in [5.74, 6) is 0. The zero-order valence-electron chi connectivity index (χ0n) is 10.4. The SMILES string of the molecule is CCOS(=O)(=O)N1CCN(CCO)CC1.[K+].[OH-]. The molecule has 0 aliphatic carbocycles. The van der Waals surface area contributed by atoms with Crippen LogP contribution in [0.1, 0.15) is 6.92 Å². The second-order valence-electron chi connectivity index (χ2n) is 3.33. The predicted octanol–water partition coefficient (Wildman–Crippen LogP) is -4.30. The Hall–Kier alpha value is 1.39. The largest absolute Gasteiger partial charge is 1.00 e. The molecule has 1 aliphatic rings. The molecule has 1 saturated heterocycles. The molecule has 0 aromatic rings. The molecule has 2 N–H and O–H groups in total. The number of nitrogens with zero attached hydrogens (tertiary/aromatic N) is 2. The summed E-state index contributed by atoms with van der Waals surface area (Å²) in [6.07, 6.45) is 0. The Kier molecular flexibility index (Phi) is 12.4. The Balaban J connectivity index is 0. The summed E-state index contributed by atoms with van der Waals surface area (Å²) in [5, 5.41) is 8.73. The van der Waals surface area contributed by atoms with Gasteiger partial charge in [-0.3, -0.25) is 9.08 Å². The van der Waals surface area contributed by atoms with Crippen molar-refractivity contribution in [2.24, 2.45) is 0 Å². The van der Waals surface area contributed by atoms with Gasteiger partial charge in [0.1, 0.15) is 0 Å². The van der Waals surface area contributed by atoms with Crippen LogP contribution in [-0.4, -0.2) is 74.1 Å². The van der Waals surface area contributed by atoms with E-state index in [-0.39, 0.29) is 70.1 Å². The molecule has 98 valence electrons. The Bertz CT molecular complexity index is 280. The van der Waals surface area contributed by atoms with Crippen LogP contribution in [0.3, 0.4) is 0 Å². The van der Waals surface area contributed by atoms with E-state index in [9.17, 15) is 8.42 Å². The minimum Gasteiger partial charge on any atom is -0.870 e. The van der Waals surface area contributed by atoms with Gasteiger partial charge in [0, 0.05) is 32.7 Å². The van der Waals surface area contributed by atoms with Crippen LogP contribution in [0.15, 0.2) is 0 Å². The molecule has 0 aromatic heterocycles. The van der Waals surface area contributed by atoms with Crippen molar-refractivity contribution < 1.29 is 74.6 Å². The molecular weight excluding hydrogens is 275 g/mol. The van der Waals surface area contributed by atoms with Crippen molar-refractivity contribution in [1.29, 1.82) is 0 Å². The number of β-amino-alcohol motifs (C(OH)–C–C–N with tert-alkyl or cyclic N) is 1. The topological polar surface area (TPSA) is 100 Å². The summed E-state index contributed by atoms with van der Waals surface area (Å²) in [6.45, 7) is 4.68. The second kappa shape index (κ2) is 10.2. The van der Waals surface area contributed by atoms with Gasteiger partial charge in [0.15, 0.2) is 0 Å². The normalized spacial score (nSPS) is 18.2. The van der Waals surface area contributed by atoms with Crippen LogP contribution in [0.2, 0.25) is 0 Å². The molecule has 17 heavy (non-hydrogen) atoms. The molecule has 1 aliphatic heterocycles. The third-order valence-electron chi connectivity index (χ3n) is 2.33. The van der Waals surface area contributed by atoms with Crippen LogP contribution in [0.25, 0.3) is 0 Å². The molecule has 0 unspecified atom stereocenters. The van der Waals surface area contributed by atoms with Gasteiger partial charge in [0.25, 0.3) is 0 Å². The molecule has 0 amide bonds. The van der Waals surface area contributed by atoms with Crippen molar-refractivity contribution in [2.75, 3.05) is 45.9 Å². The van der Waals surface area contributed by atoms with E-state index < -0.39 is 10.3 Å². The van der Waals surface area contributed by atoms with Crippen molar-refractivity contribution in [1.82, 2.24) is 9.21 Å². The molecule has 1 rings (SSSR count). The minimum absolute atomic E-state index is 0. The maximum atomic E-state index is 11.5. The van der Waals surface area contributed by atoms with E-state index in [0.29, 0.717) is 32.7 Å². The standard InChI is InChI=1S/C8H18N2O4S.K.H2O/c1-2-14-15(12,13)10-5-3-9(4-6-10)7-8-11;;/h11H,2-8H2,1H3;;1H2/q;+1;/p-1. The van der Waals surface area contributed by atoms with E-state index in [1.165, 1.54) is 4.31 Å². The van der Waals surface area contributed by atoms with Crippen LogP contribution in [0, 0.1) is 0 Å². The molecule has 9 heteroatoms. The maximum absolute atomic E-state index is 11.5. The fourth-order valence-electron chi connectivity index (χ4n) is 1.54. The summed E-state index contributed by atoms with van der Waals surface area (Å²) in [7, 11) is -3.53. The van der Waals surface area contributed by atoms with Crippen molar-refractivity contribution in [2.45, 2.75) is 6.92 Å². The van der Waals surface area contributed by atoms with Gasteiger partial charge < -0.3 is 10.6 Å². The quantitative estimate of drug-likeness (QED) is 0.515. The van der Waals surface area contributed by atoms with Crippen molar-refractivity contribution in [3.8, 4) is 0 Å². The summed E-state index contributed by atoms with van der Waals surface area (Å²) in [6, 6.07) is 0. The van der Waals surface area contributed by atoms with Gasteiger partial charge in [-0.05, 0) is 6.92 Å². The Morgan fingerprint density at radius 3 is 2.18 bits per heavy atom. The Morgan fingerprint density at radius 2 is 1.76 bits per heavy atom. The zero-order valence-corrected chi connectivity index (χ0v) is 14.3. The van der Waals surface area contributed by atoms with Crippen molar-refractivity contribution in [3.05, 3.63) is 0 Å². The van der Waals surface area contributed by atoms with Gasteiger partial charge in [-0.1, -0.05) is 0 Å². The van der Waals surface area contributed by atoms with Gasteiger partial charge in [-0.25, -0.2) is 0 Å². The van der Waals surface area contributed by atoms with E-state index in [1.807, 2.05) is 4.90 Å². The number of aliphatic hydroxyl groups is 1. The first-order valence-corrected chi connectivity index (χ1v) is 6.44.